The molecule has 3 rings (SSSR count). The van der Waals surface area contributed by atoms with Crippen molar-refractivity contribution >= 4 is 17.4 Å². The Morgan fingerprint density at radius 3 is 2.69 bits per heavy atom. The smallest absolute Gasteiger partial charge is 0.393 e. The number of benzene rings is 1. The van der Waals surface area contributed by atoms with Gasteiger partial charge in [0.15, 0.2) is 11.5 Å². The van der Waals surface area contributed by atoms with Crippen LogP contribution >= 0.6 is 0 Å². The summed E-state index contributed by atoms with van der Waals surface area (Å²) in [6, 6.07) is 4.40. The lowest BCUT2D eigenvalue weighted by atomic mass is 10.1. The molecule has 1 aromatic carbocycles. The van der Waals surface area contributed by atoms with Gasteiger partial charge >= 0.3 is 6.18 Å². The van der Waals surface area contributed by atoms with Gasteiger partial charge in [-0.05, 0) is 31.0 Å². The number of alkyl halides is 3. The maximum atomic E-state index is 13.1. The monoisotopic (exact) mass is 405 g/mol. The summed E-state index contributed by atoms with van der Waals surface area (Å²) in [7, 11) is 0. The first-order valence-corrected chi connectivity index (χ1v) is 8.95. The quantitative estimate of drug-likeness (QED) is 0.705. The molecule has 1 amide bonds. The Hall–Kier alpha value is -3.19. The summed E-state index contributed by atoms with van der Waals surface area (Å²) < 4.78 is 39.3. The molecule has 1 fully saturated rings. The predicted molar refractivity (Wildman–Crippen MR) is 98.0 cm³/mol. The number of aromatic nitrogens is 2. The second-order valence-corrected chi connectivity index (χ2v) is 6.72. The third-order valence-electron chi connectivity index (χ3n) is 4.77. The molecule has 10 heteroatoms. The highest BCUT2D eigenvalue weighted by atomic mass is 19.4. The number of aliphatic hydroxyl groups is 1. The van der Waals surface area contributed by atoms with Crippen molar-refractivity contribution in [3.05, 3.63) is 47.4 Å². The van der Waals surface area contributed by atoms with E-state index in [2.05, 4.69) is 20.6 Å². The average molecular weight is 405 g/mol. The van der Waals surface area contributed by atoms with E-state index in [0.717, 1.165) is 25.3 Å². The summed E-state index contributed by atoms with van der Waals surface area (Å²) in [5.74, 6) is -0.542. The minimum Gasteiger partial charge on any atom is -0.393 e. The Bertz CT molecular complexity index is 942. The molecule has 0 bridgehead atoms. The van der Waals surface area contributed by atoms with Crippen molar-refractivity contribution in [1.82, 2.24) is 9.97 Å². The van der Waals surface area contributed by atoms with Gasteiger partial charge in [0.2, 0.25) is 0 Å². The van der Waals surface area contributed by atoms with Crippen LogP contribution in [-0.2, 0) is 6.18 Å². The van der Waals surface area contributed by atoms with Gasteiger partial charge in [-0.1, -0.05) is 6.42 Å². The van der Waals surface area contributed by atoms with Crippen LogP contribution in [0.4, 0.5) is 24.7 Å². The van der Waals surface area contributed by atoms with Crippen LogP contribution < -0.4 is 10.6 Å². The van der Waals surface area contributed by atoms with E-state index in [1.807, 2.05) is 0 Å². The Morgan fingerprint density at radius 1 is 1.28 bits per heavy atom. The summed E-state index contributed by atoms with van der Waals surface area (Å²) in [6.07, 6.45) is 0.0187. The van der Waals surface area contributed by atoms with Crippen molar-refractivity contribution in [3.63, 3.8) is 0 Å². The van der Waals surface area contributed by atoms with Crippen LogP contribution in [0.15, 0.2) is 30.6 Å². The molecule has 1 aliphatic carbocycles. The van der Waals surface area contributed by atoms with Crippen molar-refractivity contribution in [1.29, 1.82) is 5.26 Å². The number of aliphatic hydroxyl groups excluding tert-OH is 1. The number of nitrogens with zero attached hydrogens (tertiary/aromatic N) is 3. The summed E-state index contributed by atoms with van der Waals surface area (Å²) in [6.45, 7) is 0.398. The highest BCUT2D eigenvalue weighted by Gasteiger charge is 2.34. The summed E-state index contributed by atoms with van der Waals surface area (Å²) in [5, 5.41) is 24.1. The Kier molecular flexibility index (Phi) is 5.98. The summed E-state index contributed by atoms with van der Waals surface area (Å²) in [4.78, 5) is 20.6. The number of halogens is 3. The van der Waals surface area contributed by atoms with Crippen LogP contribution in [0.25, 0.3) is 0 Å². The third-order valence-corrected chi connectivity index (χ3v) is 4.77. The molecule has 152 valence electrons. The number of hydrogen-bond acceptors (Lipinski definition) is 6. The number of nitrogens with one attached hydrogen (secondary N) is 2. The molecular formula is C19H18F3N5O2. The van der Waals surface area contributed by atoms with Gasteiger partial charge in [0.25, 0.3) is 5.91 Å². The van der Waals surface area contributed by atoms with Crippen molar-refractivity contribution in [2.45, 2.75) is 31.5 Å². The normalized spacial score (nSPS) is 18.9. The molecule has 2 atom stereocenters. The second-order valence-electron chi connectivity index (χ2n) is 6.72. The highest BCUT2D eigenvalue weighted by molar-refractivity contribution is 6.06. The van der Waals surface area contributed by atoms with Gasteiger partial charge in [-0.3, -0.25) is 4.79 Å². The van der Waals surface area contributed by atoms with Crippen LogP contribution in [0.3, 0.4) is 0 Å². The molecule has 0 radical (unpaired) electrons. The Morgan fingerprint density at radius 2 is 2.03 bits per heavy atom. The maximum absolute atomic E-state index is 13.1. The van der Waals surface area contributed by atoms with Crippen LogP contribution in [0.5, 0.6) is 0 Å². The first-order valence-electron chi connectivity index (χ1n) is 8.95. The van der Waals surface area contributed by atoms with E-state index in [0.29, 0.717) is 12.6 Å². The van der Waals surface area contributed by atoms with E-state index in [1.165, 1.54) is 24.5 Å². The molecule has 0 saturated heterocycles. The van der Waals surface area contributed by atoms with E-state index in [4.69, 9.17) is 5.26 Å². The Labute approximate surface area is 164 Å². The number of carbonyl (C=O) groups excluding carboxylic acids is 1. The fourth-order valence-corrected chi connectivity index (χ4v) is 3.26. The molecule has 2 aromatic rings. The van der Waals surface area contributed by atoms with E-state index < -0.39 is 29.3 Å². The van der Waals surface area contributed by atoms with Gasteiger partial charge in [0.1, 0.15) is 0 Å². The molecule has 1 aliphatic rings. The molecule has 1 aromatic heterocycles. The maximum Gasteiger partial charge on any atom is 0.417 e. The zero-order valence-corrected chi connectivity index (χ0v) is 15.2. The lowest BCUT2D eigenvalue weighted by Crippen LogP contribution is -2.24. The van der Waals surface area contributed by atoms with Crippen molar-refractivity contribution in [2.75, 3.05) is 17.2 Å². The van der Waals surface area contributed by atoms with E-state index >= 15 is 0 Å². The molecule has 7 nitrogen and oxygen atoms in total. The molecule has 0 aliphatic heterocycles. The highest BCUT2D eigenvalue weighted by Crippen LogP contribution is 2.33. The number of anilines is 2. The fraction of sp³-hybridized carbons (Fsp3) is 0.368. The number of hydrogen-bond donors (Lipinski definition) is 3. The Balaban J connectivity index is 1.77. The van der Waals surface area contributed by atoms with Gasteiger partial charge in [-0.15, -0.1) is 0 Å². The van der Waals surface area contributed by atoms with Crippen LogP contribution in [0, 0.1) is 17.2 Å². The van der Waals surface area contributed by atoms with Gasteiger partial charge < -0.3 is 15.7 Å². The lowest BCUT2D eigenvalue weighted by Gasteiger charge is -2.17. The standard InChI is InChI=1S/C19H18F3N5O2/c20-19(21,22)14-8-13(5-4-11(14)9-23)27-18(29)16-17(25-7-6-24-16)26-10-12-2-1-3-15(12)28/h4-8,12,15,28H,1-3,10H2,(H,25,26)(H,27,29)/t12-,15+/m0/s1. The average Bonchev–Trinajstić information content (AvgIpc) is 3.10. The first kappa shape index (κ1) is 20.5. The number of amides is 1. The lowest BCUT2D eigenvalue weighted by molar-refractivity contribution is -0.137. The summed E-state index contributed by atoms with van der Waals surface area (Å²) >= 11 is 0. The van der Waals surface area contributed by atoms with E-state index in [-0.39, 0.29) is 23.1 Å². The second kappa shape index (κ2) is 8.45. The van der Waals surface area contributed by atoms with Gasteiger partial charge in [-0.2, -0.15) is 18.4 Å². The molecule has 3 N–H and O–H groups in total. The predicted octanol–water partition coefficient (Wildman–Crippen LogP) is 3.19. The van der Waals surface area contributed by atoms with E-state index in [1.54, 1.807) is 0 Å². The molecule has 0 spiro atoms. The molecule has 1 saturated carbocycles. The molecule has 29 heavy (non-hydrogen) atoms. The van der Waals surface area contributed by atoms with Gasteiger partial charge in [-0.25, -0.2) is 9.97 Å². The largest absolute Gasteiger partial charge is 0.417 e. The third kappa shape index (κ3) is 4.81. The summed E-state index contributed by atoms with van der Waals surface area (Å²) in [5.41, 5.74) is -1.87. The van der Waals surface area contributed by atoms with Crippen LogP contribution in [-0.4, -0.2) is 33.6 Å². The number of rotatable bonds is 5. The van der Waals surface area contributed by atoms with E-state index in [9.17, 15) is 23.1 Å². The van der Waals surface area contributed by atoms with Crippen molar-refractivity contribution in [2.24, 2.45) is 5.92 Å². The topological polar surface area (TPSA) is 111 Å². The minimum atomic E-state index is -4.73. The van der Waals surface area contributed by atoms with Crippen LogP contribution in [0.1, 0.15) is 40.9 Å². The SMILES string of the molecule is N#Cc1ccc(NC(=O)c2nccnc2NC[C@@H]2CCC[C@H]2O)cc1C(F)(F)F. The zero-order valence-electron chi connectivity index (χ0n) is 15.2. The van der Waals surface area contributed by atoms with Gasteiger partial charge in [0.05, 0.1) is 23.3 Å². The fourth-order valence-electron chi connectivity index (χ4n) is 3.26. The first-order chi connectivity index (χ1) is 13.8. The molecular weight excluding hydrogens is 387 g/mol. The number of nitriles is 1. The van der Waals surface area contributed by atoms with Crippen LogP contribution in [0.2, 0.25) is 0 Å². The molecule has 0 unspecified atom stereocenters. The zero-order chi connectivity index (χ0) is 21.0. The molecule has 1 heterocycles. The van der Waals surface area contributed by atoms with Gasteiger partial charge in [0, 0.05) is 30.5 Å². The number of carbonyl (C=O) groups is 1. The van der Waals surface area contributed by atoms with Crippen molar-refractivity contribution in [3.8, 4) is 6.07 Å². The van der Waals surface area contributed by atoms with Crippen molar-refractivity contribution < 1.29 is 23.1 Å². The minimum absolute atomic E-state index is 0.0285.